The van der Waals surface area contributed by atoms with E-state index in [0.717, 1.165) is 55.6 Å². The molecule has 1 aromatic rings. The summed E-state index contributed by atoms with van der Waals surface area (Å²) in [5.74, 6) is 2.59. The average molecular weight is 373 g/mol. The number of hydrogen-bond donors (Lipinski definition) is 3. The van der Waals surface area contributed by atoms with Crippen LogP contribution in [0.5, 0.6) is 5.75 Å². The molecule has 0 aromatic heterocycles. The van der Waals surface area contributed by atoms with Gasteiger partial charge in [-0.3, -0.25) is 9.79 Å². The van der Waals surface area contributed by atoms with Gasteiger partial charge in [0.1, 0.15) is 5.75 Å². The van der Waals surface area contributed by atoms with Gasteiger partial charge in [-0.15, -0.1) is 0 Å². The molecule has 0 aliphatic heterocycles. The van der Waals surface area contributed by atoms with Crippen LogP contribution in [0.25, 0.3) is 0 Å². The third-order valence-corrected chi connectivity index (χ3v) is 4.88. The summed E-state index contributed by atoms with van der Waals surface area (Å²) < 4.78 is 6.02. The van der Waals surface area contributed by atoms with Gasteiger partial charge in [-0.2, -0.15) is 0 Å². The molecule has 1 aromatic carbocycles. The smallest absolute Gasteiger partial charge is 0.220 e. The van der Waals surface area contributed by atoms with Crippen LogP contribution in [-0.4, -0.2) is 38.1 Å². The Bertz CT molecular complexity index is 666. The molecule has 0 spiro atoms. The van der Waals surface area contributed by atoms with Crippen LogP contribution in [0.15, 0.2) is 23.2 Å². The molecule has 2 fully saturated rings. The first-order chi connectivity index (χ1) is 13.1. The molecule has 0 heterocycles. The first kappa shape index (κ1) is 19.5. The van der Waals surface area contributed by atoms with Gasteiger partial charge >= 0.3 is 0 Å². The molecule has 0 saturated heterocycles. The van der Waals surface area contributed by atoms with Gasteiger partial charge in [-0.05, 0) is 56.6 Å². The maximum absolute atomic E-state index is 11.7. The Kier molecular flexibility index (Phi) is 6.96. The molecule has 2 aliphatic rings. The summed E-state index contributed by atoms with van der Waals surface area (Å²) in [5.41, 5.74) is 2.34. The summed E-state index contributed by atoms with van der Waals surface area (Å²) in [4.78, 5) is 16.0. The van der Waals surface area contributed by atoms with E-state index in [1.54, 1.807) is 7.05 Å². The first-order valence-electron chi connectivity index (χ1n) is 10.1. The van der Waals surface area contributed by atoms with E-state index in [0.29, 0.717) is 19.0 Å². The molecule has 3 N–H and O–H groups in total. The lowest BCUT2D eigenvalue weighted by Gasteiger charge is -2.15. The number of amides is 1. The van der Waals surface area contributed by atoms with Gasteiger partial charge in [0, 0.05) is 38.2 Å². The molecular weight excluding hydrogens is 340 g/mol. The molecule has 6 nitrogen and oxygen atoms in total. The number of guanidine groups is 1. The van der Waals surface area contributed by atoms with Gasteiger partial charge < -0.3 is 20.7 Å². The van der Waals surface area contributed by atoms with Crippen LogP contribution in [0.2, 0.25) is 0 Å². The van der Waals surface area contributed by atoms with Gasteiger partial charge in [0.05, 0.1) is 6.61 Å². The SMILES string of the molecule is CN=C(NCCCC(=O)NC1CC1)NCc1ccc(C)cc1OCC1CC1. The number of carbonyl (C=O) groups excluding carboxylic acids is 1. The number of ether oxygens (including phenoxy) is 1. The highest BCUT2D eigenvalue weighted by Gasteiger charge is 2.23. The quantitative estimate of drug-likeness (QED) is 0.335. The topological polar surface area (TPSA) is 74.8 Å². The van der Waals surface area contributed by atoms with E-state index >= 15 is 0 Å². The molecule has 0 unspecified atom stereocenters. The van der Waals surface area contributed by atoms with Crippen LogP contribution in [-0.2, 0) is 11.3 Å². The number of aryl methyl sites for hydroxylation is 1. The number of aliphatic imine (C=N–C) groups is 1. The Hall–Kier alpha value is -2.24. The molecule has 0 atom stereocenters. The number of nitrogens with zero attached hydrogens (tertiary/aromatic N) is 1. The largest absolute Gasteiger partial charge is 0.493 e. The Labute approximate surface area is 162 Å². The van der Waals surface area contributed by atoms with Crippen molar-refractivity contribution in [2.45, 2.75) is 58.0 Å². The molecule has 3 rings (SSSR count). The molecule has 2 saturated carbocycles. The van der Waals surface area contributed by atoms with Crippen LogP contribution >= 0.6 is 0 Å². The Balaban J connectivity index is 1.39. The fourth-order valence-corrected chi connectivity index (χ4v) is 2.82. The lowest BCUT2D eigenvalue weighted by molar-refractivity contribution is -0.121. The second kappa shape index (κ2) is 9.62. The highest BCUT2D eigenvalue weighted by Crippen LogP contribution is 2.30. The molecule has 0 radical (unpaired) electrons. The zero-order valence-corrected chi connectivity index (χ0v) is 16.5. The third-order valence-electron chi connectivity index (χ3n) is 4.88. The zero-order valence-electron chi connectivity index (χ0n) is 16.5. The van der Waals surface area contributed by atoms with Crippen molar-refractivity contribution in [1.29, 1.82) is 0 Å². The summed E-state index contributed by atoms with van der Waals surface area (Å²) in [5, 5.41) is 9.62. The maximum atomic E-state index is 11.7. The minimum Gasteiger partial charge on any atom is -0.493 e. The summed E-state index contributed by atoms with van der Waals surface area (Å²) in [6.07, 6.45) is 6.18. The molecule has 0 bridgehead atoms. The lowest BCUT2D eigenvalue weighted by atomic mass is 10.1. The number of benzene rings is 1. The van der Waals surface area contributed by atoms with E-state index < -0.39 is 0 Å². The van der Waals surface area contributed by atoms with E-state index in [4.69, 9.17) is 4.74 Å². The zero-order chi connectivity index (χ0) is 19.1. The van der Waals surface area contributed by atoms with E-state index in [-0.39, 0.29) is 5.91 Å². The highest BCUT2D eigenvalue weighted by molar-refractivity contribution is 5.80. The Morgan fingerprint density at radius 2 is 2.04 bits per heavy atom. The lowest BCUT2D eigenvalue weighted by Crippen LogP contribution is -2.37. The molecule has 2 aliphatic carbocycles. The van der Waals surface area contributed by atoms with Crippen molar-refractivity contribution in [1.82, 2.24) is 16.0 Å². The van der Waals surface area contributed by atoms with Gasteiger partial charge in [-0.1, -0.05) is 12.1 Å². The molecule has 1 amide bonds. The minimum atomic E-state index is 0.152. The number of nitrogens with one attached hydrogen (secondary N) is 3. The Morgan fingerprint density at radius 1 is 1.22 bits per heavy atom. The number of hydrogen-bond acceptors (Lipinski definition) is 3. The summed E-state index contributed by atoms with van der Waals surface area (Å²) in [6, 6.07) is 6.76. The first-order valence-corrected chi connectivity index (χ1v) is 10.1. The number of rotatable bonds is 10. The summed E-state index contributed by atoms with van der Waals surface area (Å²) in [7, 11) is 1.76. The van der Waals surface area contributed by atoms with Crippen molar-refractivity contribution in [3.63, 3.8) is 0 Å². The van der Waals surface area contributed by atoms with Gasteiger partial charge in [-0.25, -0.2) is 0 Å². The van der Waals surface area contributed by atoms with E-state index in [9.17, 15) is 4.79 Å². The predicted octanol–water partition coefficient (Wildman–Crippen LogP) is 2.51. The fraction of sp³-hybridized carbons (Fsp3) is 0.619. The van der Waals surface area contributed by atoms with Crippen molar-refractivity contribution in [3.05, 3.63) is 29.3 Å². The number of carbonyl (C=O) groups is 1. The van der Waals surface area contributed by atoms with Gasteiger partial charge in [0.2, 0.25) is 5.91 Å². The normalized spacial score (nSPS) is 16.7. The van der Waals surface area contributed by atoms with Crippen molar-refractivity contribution >= 4 is 11.9 Å². The van der Waals surface area contributed by atoms with Crippen LogP contribution < -0.4 is 20.7 Å². The van der Waals surface area contributed by atoms with E-state index in [1.165, 1.54) is 18.4 Å². The maximum Gasteiger partial charge on any atom is 0.220 e. The highest BCUT2D eigenvalue weighted by atomic mass is 16.5. The molecule has 6 heteroatoms. The molecule has 148 valence electrons. The second-order valence-electron chi connectivity index (χ2n) is 7.66. The van der Waals surface area contributed by atoms with Crippen LogP contribution in [0.1, 0.15) is 49.7 Å². The second-order valence-corrected chi connectivity index (χ2v) is 7.66. The summed E-state index contributed by atoms with van der Waals surface area (Å²) in [6.45, 7) is 4.27. The van der Waals surface area contributed by atoms with Crippen molar-refractivity contribution in [2.24, 2.45) is 10.9 Å². The average Bonchev–Trinajstić information content (AvgIpc) is 3.56. The summed E-state index contributed by atoms with van der Waals surface area (Å²) >= 11 is 0. The molecule has 27 heavy (non-hydrogen) atoms. The van der Waals surface area contributed by atoms with Crippen molar-refractivity contribution in [3.8, 4) is 5.75 Å². The monoisotopic (exact) mass is 372 g/mol. The minimum absolute atomic E-state index is 0.152. The third kappa shape index (κ3) is 7.12. The standard InChI is InChI=1S/C21H32N4O2/c1-15-5-8-17(19(12-15)27-14-16-6-7-16)13-24-21(22-2)23-11-3-4-20(26)25-18-9-10-18/h5,8,12,16,18H,3-4,6-7,9-11,13-14H2,1-2H3,(H,25,26)(H2,22,23,24). The van der Waals surface area contributed by atoms with E-state index in [1.807, 2.05) is 0 Å². The van der Waals surface area contributed by atoms with Gasteiger partial charge in [0.25, 0.3) is 0 Å². The van der Waals surface area contributed by atoms with Gasteiger partial charge in [0.15, 0.2) is 5.96 Å². The van der Waals surface area contributed by atoms with Crippen LogP contribution in [0, 0.1) is 12.8 Å². The predicted molar refractivity (Wildman–Crippen MR) is 108 cm³/mol. The van der Waals surface area contributed by atoms with Crippen LogP contribution in [0.4, 0.5) is 0 Å². The van der Waals surface area contributed by atoms with Crippen molar-refractivity contribution < 1.29 is 9.53 Å². The fourth-order valence-electron chi connectivity index (χ4n) is 2.82. The molecular formula is C21H32N4O2. The Morgan fingerprint density at radius 3 is 2.74 bits per heavy atom. The van der Waals surface area contributed by atoms with Crippen LogP contribution in [0.3, 0.4) is 0 Å². The van der Waals surface area contributed by atoms with Crippen molar-refractivity contribution in [2.75, 3.05) is 20.2 Å². The van der Waals surface area contributed by atoms with E-state index in [2.05, 4.69) is 46.1 Å².